The second-order valence-corrected chi connectivity index (χ2v) is 3.91. The van der Waals surface area contributed by atoms with Crippen LogP contribution in [0.4, 0.5) is 20.3 Å². The van der Waals surface area contributed by atoms with Crippen LogP contribution in [0.2, 0.25) is 0 Å². The number of rotatable bonds is 3. The van der Waals surface area contributed by atoms with Crippen LogP contribution in [0.1, 0.15) is 5.56 Å². The predicted octanol–water partition coefficient (Wildman–Crippen LogP) is 2.12. The molecule has 2 aromatic rings. The molecule has 19 heavy (non-hydrogen) atoms. The van der Waals surface area contributed by atoms with Gasteiger partial charge in [-0.05, 0) is 18.2 Å². The maximum atomic E-state index is 13.4. The molecular formula is C13H11F2N3O. The number of nitrogens with two attached hydrogens (primary N) is 1. The van der Waals surface area contributed by atoms with Crippen LogP contribution in [0.15, 0.2) is 36.5 Å². The summed E-state index contributed by atoms with van der Waals surface area (Å²) in [5.74, 6) is -2.11. The van der Waals surface area contributed by atoms with Gasteiger partial charge >= 0.3 is 0 Å². The third-order valence-electron chi connectivity index (χ3n) is 2.45. The summed E-state index contributed by atoms with van der Waals surface area (Å²) in [7, 11) is 0. The summed E-state index contributed by atoms with van der Waals surface area (Å²) in [4.78, 5) is 15.5. The molecule has 98 valence electrons. The molecule has 0 bridgehead atoms. The fourth-order valence-corrected chi connectivity index (χ4v) is 1.54. The number of pyridine rings is 1. The van der Waals surface area contributed by atoms with Gasteiger partial charge < -0.3 is 11.1 Å². The van der Waals surface area contributed by atoms with E-state index in [0.29, 0.717) is 11.5 Å². The number of hydrogen-bond donors (Lipinski definition) is 2. The molecule has 0 aliphatic heterocycles. The van der Waals surface area contributed by atoms with E-state index in [1.165, 1.54) is 24.4 Å². The van der Waals surface area contributed by atoms with E-state index in [1.807, 2.05) is 0 Å². The van der Waals surface area contributed by atoms with Gasteiger partial charge in [-0.1, -0.05) is 12.1 Å². The lowest BCUT2D eigenvalue weighted by Crippen LogP contribution is -2.15. The first-order valence-electron chi connectivity index (χ1n) is 5.50. The van der Waals surface area contributed by atoms with Crippen molar-refractivity contribution in [3.8, 4) is 0 Å². The summed E-state index contributed by atoms with van der Waals surface area (Å²) in [5, 5.41) is 2.52. The van der Waals surface area contributed by atoms with E-state index in [0.717, 1.165) is 6.07 Å². The van der Waals surface area contributed by atoms with Gasteiger partial charge in [0.05, 0.1) is 18.3 Å². The molecule has 0 radical (unpaired) electrons. The van der Waals surface area contributed by atoms with Gasteiger partial charge in [0.2, 0.25) is 5.91 Å². The minimum atomic E-state index is -1.01. The number of carbonyl (C=O) groups is 1. The summed E-state index contributed by atoms with van der Waals surface area (Å²) in [6, 6.07) is 6.81. The minimum absolute atomic E-state index is 0.000837. The molecule has 0 atom stereocenters. The molecule has 2 rings (SSSR count). The molecule has 0 fully saturated rings. The average Bonchev–Trinajstić information content (AvgIpc) is 2.38. The van der Waals surface area contributed by atoms with E-state index in [2.05, 4.69) is 10.3 Å². The van der Waals surface area contributed by atoms with Crippen molar-refractivity contribution in [3.05, 3.63) is 53.7 Å². The maximum absolute atomic E-state index is 13.4. The first-order valence-corrected chi connectivity index (χ1v) is 5.50. The average molecular weight is 263 g/mol. The van der Waals surface area contributed by atoms with Crippen molar-refractivity contribution in [1.29, 1.82) is 0 Å². The first kappa shape index (κ1) is 12.9. The molecule has 3 N–H and O–H groups in total. The van der Waals surface area contributed by atoms with E-state index in [1.54, 1.807) is 6.07 Å². The molecule has 0 saturated heterocycles. The highest BCUT2D eigenvalue weighted by Gasteiger charge is 2.11. The number of halogens is 2. The predicted molar refractivity (Wildman–Crippen MR) is 67.3 cm³/mol. The van der Waals surface area contributed by atoms with Gasteiger partial charge in [0.15, 0.2) is 11.6 Å². The van der Waals surface area contributed by atoms with Crippen molar-refractivity contribution < 1.29 is 13.6 Å². The highest BCUT2D eigenvalue weighted by molar-refractivity contribution is 5.92. The van der Waals surface area contributed by atoms with Gasteiger partial charge in [-0.3, -0.25) is 4.79 Å². The topological polar surface area (TPSA) is 68.0 Å². The smallest absolute Gasteiger partial charge is 0.228 e. The Hall–Kier alpha value is -2.50. The molecular weight excluding hydrogens is 252 g/mol. The van der Waals surface area contributed by atoms with Gasteiger partial charge in [-0.2, -0.15) is 0 Å². The van der Waals surface area contributed by atoms with Crippen molar-refractivity contribution in [2.75, 3.05) is 11.1 Å². The van der Waals surface area contributed by atoms with Crippen LogP contribution >= 0.6 is 0 Å². The molecule has 0 aliphatic carbocycles. The summed E-state index contributed by atoms with van der Waals surface area (Å²) >= 11 is 0. The third kappa shape index (κ3) is 3.25. The highest BCUT2D eigenvalue weighted by atomic mass is 19.2. The van der Waals surface area contributed by atoms with E-state index in [-0.39, 0.29) is 12.0 Å². The Kier molecular flexibility index (Phi) is 3.70. The lowest BCUT2D eigenvalue weighted by molar-refractivity contribution is -0.115. The molecule has 0 aliphatic rings. The highest BCUT2D eigenvalue weighted by Crippen LogP contribution is 2.13. The number of nitrogen functional groups attached to an aromatic ring is 1. The molecule has 1 aromatic heterocycles. The molecule has 0 saturated carbocycles. The second-order valence-electron chi connectivity index (χ2n) is 3.91. The SMILES string of the molecule is Nc1ccc(NC(=O)Cc2cccc(F)c2F)cn1. The maximum Gasteiger partial charge on any atom is 0.228 e. The molecule has 1 aromatic carbocycles. The Labute approximate surface area is 108 Å². The standard InChI is InChI=1S/C13H11F2N3O/c14-10-3-1-2-8(13(10)15)6-12(19)18-9-4-5-11(16)17-7-9/h1-5,7H,6H2,(H2,16,17)(H,18,19). The zero-order valence-electron chi connectivity index (χ0n) is 9.86. The Balaban J connectivity index is 2.05. The van der Waals surface area contributed by atoms with Gasteiger partial charge in [-0.15, -0.1) is 0 Å². The minimum Gasteiger partial charge on any atom is -0.384 e. The first-order chi connectivity index (χ1) is 9.06. The van der Waals surface area contributed by atoms with Gasteiger partial charge in [-0.25, -0.2) is 13.8 Å². The van der Waals surface area contributed by atoms with E-state index >= 15 is 0 Å². The number of benzene rings is 1. The van der Waals surface area contributed by atoms with Crippen LogP contribution < -0.4 is 11.1 Å². The van der Waals surface area contributed by atoms with Crippen molar-refractivity contribution in [2.45, 2.75) is 6.42 Å². The van der Waals surface area contributed by atoms with Crippen LogP contribution in [-0.4, -0.2) is 10.9 Å². The van der Waals surface area contributed by atoms with Gasteiger partial charge in [0.25, 0.3) is 0 Å². The number of carbonyl (C=O) groups excluding carboxylic acids is 1. The lowest BCUT2D eigenvalue weighted by atomic mass is 10.1. The van der Waals surface area contributed by atoms with Crippen molar-refractivity contribution >= 4 is 17.4 Å². The van der Waals surface area contributed by atoms with E-state index in [9.17, 15) is 13.6 Å². The van der Waals surface area contributed by atoms with Gasteiger partial charge in [0, 0.05) is 5.56 Å². The van der Waals surface area contributed by atoms with E-state index in [4.69, 9.17) is 5.73 Å². The summed E-state index contributed by atoms with van der Waals surface area (Å²) in [6.45, 7) is 0. The molecule has 1 amide bonds. The number of nitrogens with one attached hydrogen (secondary N) is 1. The Morgan fingerprint density at radius 1 is 1.26 bits per heavy atom. The van der Waals surface area contributed by atoms with Crippen molar-refractivity contribution in [1.82, 2.24) is 4.98 Å². The molecule has 0 spiro atoms. The molecule has 1 heterocycles. The van der Waals surface area contributed by atoms with Crippen molar-refractivity contribution in [2.24, 2.45) is 0 Å². The van der Waals surface area contributed by atoms with Crippen LogP contribution in [0.25, 0.3) is 0 Å². The largest absolute Gasteiger partial charge is 0.384 e. The van der Waals surface area contributed by atoms with Crippen LogP contribution in [-0.2, 0) is 11.2 Å². The zero-order chi connectivity index (χ0) is 13.8. The fourth-order valence-electron chi connectivity index (χ4n) is 1.54. The monoisotopic (exact) mass is 263 g/mol. The Morgan fingerprint density at radius 3 is 2.74 bits per heavy atom. The summed E-state index contributed by atoms with van der Waals surface area (Å²) in [6.07, 6.45) is 1.13. The Morgan fingerprint density at radius 2 is 2.05 bits per heavy atom. The lowest BCUT2D eigenvalue weighted by Gasteiger charge is -2.06. The number of nitrogens with zero attached hydrogens (tertiary/aromatic N) is 1. The molecule has 6 heteroatoms. The number of hydrogen-bond acceptors (Lipinski definition) is 3. The van der Waals surface area contributed by atoms with Gasteiger partial charge in [0.1, 0.15) is 5.82 Å². The zero-order valence-corrected chi connectivity index (χ0v) is 9.86. The quantitative estimate of drug-likeness (QED) is 0.891. The fraction of sp³-hybridized carbons (Fsp3) is 0.0769. The van der Waals surface area contributed by atoms with E-state index < -0.39 is 17.5 Å². The van der Waals surface area contributed by atoms with Crippen molar-refractivity contribution in [3.63, 3.8) is 0 Å². The summed E-state index contributed by atoms with van der Waals surface area (Å²) < 4.78 is 26.3. The number of anilines is 2. The third-order valence-corrected chi connectivity index (χ3v) is 2.45. The summed E-state index contributed by atoms with van der Waals surface area (Å²) in [5.41, 5.74) is 5.84. The van der Waals surface area contributed by atoms with Crippen LogP contribution in [0.3, 0.4) is 0 Å². The molecule has 4 nitrogen and oxygen atoms in total. The normalized spacial score (nSPS) is 10.2. The Bertz CT molecular complexity index is 599. The van der Waals surface area contributed by atoms with Crippen LogP contribution in [0, 0.1) is 11.6 Å². The van der Waals surface area contributed by atoms with Crippen LogP contribution in [0.5, 0.6) is 0 Å². The number of amides is 1. The molecule has 0 unspecified atom stereocenters. The second kappa shape index (κ2) is 5.43. The number of aromatic nitrogens is 1.